The number of aryl methyl sites for hydroxylation is 1. The Labute approximate surface area is 129 Å². The Morgan fingerprint density at radius 3 is 2.95 bits per heavy atom. The molecule has 1 aliphatic rings. The summed E-state index contributed by atoms with van der Waals surface area (Å²) < 4.78 is 1.73. The van der Waals surface area contributed by atoms with Gasteiger partial charge in [0.25, 0.3) is 0 Å². The van der Waals surface area contributed by atoms with Crippen molar-refractivity contribution in [1.82, 2.24) is 15.1 Å². The fourth-order valence-corrected chi connectivity index (χ4v) is 2.98. The molecule has 1 heterocycles. The van der Waals surface area contributed by atoms with Gasteiger partial charge in [0.05, 0.1) is 17.8 Å². The first kappa shape index (κ1) is 14.1. The average molecular weight is 304 g/mol. The predicted molar refractivity (Wildman–Crippen MR) is 82.2 cm³/mol. The van der Waals surface area contributed by atoms with Crippen molar-refractivity contribution in [2.24, 2.45) is 5.92 Å². The van der Waals surface area contributed by atoms with Crippen LogP contribution in [-0.4, -0.2) is 22.2 Å². The van der Waals surface area contributed by atoms with Crippen molar-refractivity contribution in [3.8, 4) is 0 Å². The van der Waals surface area contributed by atoms with Gasteiger partial charge >= 0.3 is 0 Å². The van der Waals surface area contributed by atoms with Crippen LogP contribution in [0.1, 0.15) is 17.5 Å². The first-order valence-corrected chi connectivity index (χ1v) is 7.62. The third-order valence-electron chi connectivity index (χ3n) is 3.96. The maximum atomic E-state index is 12.2. The zero-order chi connectivity index (χ0) is 14.7. The van der Waals surface area contributed by atoms with E-state index in [1.54, 1.807) is 17.1 Å². The molecule has 0 spiro atoms. The first-order valence-electron chi connectivity index (χ1n) is 7.25. The zero-order valence-corrected chi connectivity index (χ0v) is 12.5. The van der Waals surface area contributed by atoms with E-state index in [1.165, 1.54) is 11.1 Å². The fraction of sp³-hybridized carbons (Fsp3) is 0.375. The van der Waals surface area contributed by atoms with E-state index in [-0.39, 0.29) is 11.8 Å². The highest BCUT2D eigenvalue weighted by atomic mass is 35.5. The Bertz CT molecular complexity index is 638. The minimum atomic E-state index is 0.0844. The van der Waals surface area contributed by atoms with Gasteiger partial charge in [-0.25, -0.2) is 0 Å². The Balaban J connectivity index is 1.50. The molecular formula is C16H18ClN3O. The van der Waals surface area contributed by atoms with E-state index >= 15 is 0 Å². The van der Waals surface area contributed by atoms with Gasteiger partial charge in [-0.3, -0.25) is 9.48 Å². The summed E-state index contributed by atoms with van der Waals surface area (Å²) in [6, 6.07) is 8.39. The molecule has 4 nitrogen and oxygen atoms in total. The highest BCUT2D eigenvalue weighted by molar-refractivity contribution is 6.30. The third kappa shape index (κ3) is 3.45. The molecule has 110 valence electrons. The number of carbonyl (C=O) groups is 1. The molecule has 0 radical (unpaired) electrons. The lowest BCUT2D eigenvalue weighted by atomic mass is 9.83. The van der Waals surface area contributed by atoms with Crippen LogP contribution in [0.2, 0.25) is 5.02 Å². The molecule has 1 aromatic carbocycles. The fourth-order valence-electron chi connectivity index (χ4n) is 2.82. The molecular weight excluding hydrogens is 286 g/mol. The predicted octanol–water partition coefficient (Wildman–Crippen LogP) is 2.46. The SMILES string of the molecule is O=C(NCCn1cc(Cl)cn1)[C@H]1CCc2ccccc2C1. The summed E-state index contributed by atoms with van der Waals surface area (Å²) in [5, 5.41) is 7.70. The molecule has 3 rings (SSSR count). The van der Waals surface area contributed by atoms with Gasteiger partial charge in [-0.05, 0) is 30.4 Å². The number of benzene rings is 1. The van der Waals surface area contributed by atoms with Crippen molar-refractivity contribution in [2.75, 3.05) is 6.54 Å². The molecule has 21 heavy (non-hydrogen) atoms. The molecule has 5 heteroatoms. The molecule has 1 atom stereocenters. The van der Waals surface area contributed by atoms with Gasteiger partial charge in [-0.1, -0.05) is 35.9 Å². The third-order valence-corrected chi connectivity index (χ3v) is 4.15. The van der Waals surface area contributed by atoms with Crippen LogP contribution in [0.5, 0.6) is 0 Å². The van der Waals surface area contributed by atoms with E-state index in [2.05, 4.69) is 28.6 Å². The van der Waals surface area contributed by atoms with Crippen molar-refractivity contribution in [3.05, 3.63) is 52.8 Å². The molecule has 1 amide bonds. The molecule has 0 unspecified atom stereocenters. The number of hydrogen-bond donors (Lipinski definition) is 1. The van der Waals surface area contributed by atoms with Gasteiger partial charge in [0.1, 0.15) is 0 Å². The summed E-state index contributed by atoms with van der Waals surface area (Å²) in [6.07, 6.45) is 6.11. The van der Waals surface area contributed by atoms with Gasteiger partial charge in [0.15, 0.2) is 0 Å². The number of hydrogen-bond acceptors (Lipinski definition) is 2. The van der Waals surface area contributed by atoms with Crippen molar-refractivity contribution in [3.63, 3.8) is 0 Å². The lowest BCUT2D eigenvalue weighted by Crippen LogP contribution is -2.35. The molecule has 1 aromatic heterocycles. The molecule has 0 fully saturated rings. The number of amides is 1. The quantitative estimate of drug-likeness (QED) is 0.943. The topological polar surface area (TPSA) is 46.9 Å². The van der Waals surface area contributed by atoms with Crippen LogP contribution in [0.15, 0.2) is 36.7 Å². The van der Waals surface area contributed by atoms with E-state index in [4.69, 9.17) is 11.6 Å². The summed E-state index contributed by atoms with van der Waals surface area (Å²) in [5.41, 5.74) is 2.69. The van der Waals surface area contributed by atoms with Crippen molar-refractivity contribution >= 4 is 17.5 Å². The van der Waals surface area contributed by atoms with Crippen LogP contribution in [0.3, 0.4) is 0 Å². The zero-order valence-electron chi connectivity index (χ0n) is 11.8. The largest absolute Gasteiger partial charge is 0.354 e. The van der Waals surface area contributed by atoms with Crippen LogP contribution in [-0.2, 0) is 24.2 Å². The molecule has 0 aliphatic heterocycles. The normalized spacial score (nSPS) is 17.3. The van der Waals surface area contributed by atoms with Gasteiger partial charge < -0.3 is 5.32 Å². The molecule has 0 saturated heterocycles. The van der Waals surface area contributed by atoms with Gasteiger partial charge in [-0.2, -0.15) is 5.10 Å². The number of fused-ring (bicyclic) bond motifs is 1. The number of nitrogens with one attached hydrogen (secondary N) is 1. The summed E-state index contributed by atoms with van der Waals surface area (Å²) in [7, 11) is 0. The van der Waals surface area contributed by atoms with Crippen LogP contribution in [0.25, 0.3) is 0 Å². The van der Waals surface area contributed by atoms with E-state index in [9.17, 15) is 4.79 Å². The summed E-state index contributed by atoms with van der Waals surface area (Å²) in [5.74, 6) is 0.226. The Morgan fingerprint density at radius 2 is 2.19 bits per heavy atom. The van der Waals surface area contributed by atoms with E-state index in [1.807, 2.05) is 6.07 Å². The second kappa shape index (κ2) is 6.31. The van der Waals surface area contributed by atoms with Crippen LogP contribution >= 0.6 is 11.6 Å². The number of halogens is 1. The molecule has 2 aromatic rings. The lowest BCUT2D eigenvalue weighted by Gasteiger charge is -2.23. The standard InChI is InChI=1S/C16H18ClN3O/c17-15-10-19-20(11-15)8-7-18-16(21)14-6-5-12-3-1-2-4-13(12)9-14/h1-4,10-11,14H,5-9H2,(H,18,21)/t14-/m0/s1. The smallest absolute Gasteiger partial charge is 0.223 e. The number of rotatable bonds is 4. The Kier molecular flexibility index (Phi) is 4.25. The second-order valence-electron chi connectivity index (χ2n) is 5.42. The molecule has 0 saturated carbocycles. The van der Waals surface area contributed by atoms with E-state index < -0.39 is 0 Å². The van der Waals surface area contributed by atoms with Gasteiger partial charge in [-0.15, -0.1) is 0 Å². The number of carbonyl (C=O) groups excluding carboxylic acids is 1. The summed E-state index contributed by atoms with van der Waals surface area (Å²) in [4.78, 5) is 12.2. The van der Waals surface area contributed by atoms with E-state index in [0.717, 1.165) is 19.3 Å². The Hall–Kier alpha value is -1.81. The molecule has 1 N–H and O–H groups in total. The average Bonchev–Trinajstić information content (AvgIpc) is 2.92. The minimum Gasteiger partial charge on any atom is -0.354 e. The van der Waals surface area contributed by atoms with Crippen LogP contribution in [0.4, 0.5) is 0 Å². The molecule has 0 bridgehead atoms. The van der Waals surface area contributed by atoms with Crippen molar-refractivity contribution in [1.29, 1.82) is 0 Å². The Morgan fingerprint density at radius 1 is 1.38 bits per heavy atom. The van der Waals surface area contributed by atoms with Gasteiger partial charge in [0, 0.05) is 18.7 Å². The maximum Gasteiger partial charge on any atom is 0.223 e. The second-order valence-corrected chi connectivity index (χ2v) is 5.86. The minimum absolute atomic E-state index is 0.0844. The highest BCUT2D eigenvalue weighted by Gasteiger charge is 2.23. The van der Waals surface area contributed by atoms with Crippen molar-refractivity contribution in [2.45, 2.75) is 25.8 Å². The summed E-state index contributed by atoms with van der Waals surface area (Å²) >= 11 is 5.80. The first-order chi connectivity index (χ1) is 10.2. The van der Waals surface area contributed by atoms with Crippen molar-refractivity contribution < 1.29 is 4.79 Å². The van der Waals surface area contributed by atoms with Crippen LogP contribution < -0.4 is 5.32 Å². The van der Waals surface area contributed by atoms with Gasteiger partial charge in [0.2, 0.25) is 5.91 Å². The molecule has 1 aliphatic carbocycles. The lowest BCUT2D eigenvalue weighted by molar-refractivity contribution is -0.125. The number of nitrogens with zero attached hydrogens (tertiary/aromatic N) is 2. The summed E-state index contributed by atoms with van der Waals surface area (Å²) in [6.45, 7) is 1.22. The number of aromatic nitrogens is 2. The highest BCUT2D eigenvalue weighted by Crippen LogP contribution is 2.25. The monoisotopic (exact) mass is 303 g/mol. The van der Waals surface area contributed by atoms with Crippen LogP contribution in [0, 0.1) is 5.92 Å². The van der Waals surface area contributed by atoms with E-state index in [0.29, 0.717) is 18.1 Å². The maximum absolute atomic E-state index is 12.2.